The van der Waals surface area contributed by atoms with Crippen molar-refractivity contribution in [3.8, 4) is 5.75 Å². The van der Waals surface area contributed by atoms with Crippen molar-refractivity contribution in [2.75, 3.05) is 12.4 Å². The van der Waals surface area contributed by atoms with E-state index < -0.39 is 5.91 Å². The Morgan fingerprint density at radius 1 is 1.45 bits per heavy atom. The van der Waals surface area contributed by atoms with Crippen molar-refractivity contribution in [3.05, 3.63) is 41.6 Å². The molecular formula is C13H17ClN4O2. The van der Waals surface area contributed by atoms with E-state index in [2.05, 4.69) is 10.4 Å². The second-order valence-electron chi connectivity index (χ2n) is 4.11. The molecule has 0 unspecified atom stereocenters. The molecule has 7 heteroatoms. The molecule has 1 amide bonds. The number of hydrogen-bond acceptors (Lipinski definition) is 4. The first-order valence-electron chi connectivity index (χ1n) is 5.81. The van der Waals surface area contributed by atoms with E-state index in [1.807, 2.05) is 24.3 Å². The molecule has 0 aliphatic carbocycles. The van der Waals surface area contributed by atoms with E-state index in [0.29, 0.717) is 18.1 Å². The minimum atomic E-state index is -0.496. The highest BCUT2D eigenvalue weighted by Crippen LogP contribution is 2.14. The van der Waals surface area contributed by atoms with Gasteiger partial charge in [-0.15, -0.1) is 12.4 Å². The summed E-state index contributed by atoms with van der Waals surface area (Å²) in [4.78, 5) is 11.1. The number of primary amides is 1. The Labute approximate surface area is 123 Å². The van der Waals surface area contributed by atoms with E-state index in [4.69, 9.17) is 10.5 Å². The predicted octanol–water partition coefficient (Wildman–Crippen LogP) is 1.56. The first kappa shape index (κ1) is 15.8. The van der Waals surface area contributed by atoms with Gasteiger partial charge in [0.1, 0.15) is 17.3 Å². The lowest BCUT2D eigenvalue weighted by molar-refractivity contribution is 0.0991. The van der Waals surface area contributed by atoms with Crippen LogP contribution in [0.3, 0.4) is 0 Å². The van der Waals surface area contributed by atoms with Crippen molar-refractivity contribution < 1.29 is 9.53 Å². The minimum Gasteiger partial charge on any atom is -0.497 e. The zero-order valence-corrected chi connectivity index (χ0v) is 12.1. The van der Waals surface area contributed by atoms with Crippen LogP contribution in [-0.4, -0.2) is 22.8 Å². The number of halogens is 1. The number of anilines is 1. The van der Waals surface area contributed by atoms with E-state index in [0.717, 1.165) is 11.3 Å². The highest BCUT2D eigenvalue weighted by Gasteiger charge is 2.09. The average Bonchev–Trinajstić information content (AvgIpc) is 2.78. The van der Waals surface area contributed by atoms with Crippen LogP contribution in [0.25, 0.3) is 0 Å². The summed E-state index contributed by atoms with van der Waals surface area (Å²) >= 11 is 0. The molecule has 0 saturated carbocycles. The van der Waals surface area contributed by atoms with E-state index in [1.54, 1.807) is 20.2 Å². The summed E-state index contributed by atoms with van der Waals surface area (Å²) in [6.07, 6.45) is 0. The van der Waals surface area contributed by atoms with Crippen molar-refractivity contribution in [3.63, 3.8) is 0 Å². The number of aryl methyl sites for hydroxylation is 1. The van der Waals surface area contributed by atoms with Gasteiger partial charge < -0.3 is 15.8 Å². The molecular weight excluding hydrogens is 280 g/mol. The van der Waals surface area contributed by atoms with Crippen LogP contribution in [0, 0.1) is 0 Å². The van der Waals surface area contributed by atoms with Gasteiger partial charge in [-0.1, -0.05) is 12.1 Å². The molecule has 3 N–H and O–H groups in total. The van der Waals surface area contributed by atoms with Gasteiger partial charge in [0.05, 0.1) is 7.11 Å². The smallest absolute Gasteiger partial charge is 0.267 e. The molecule has 108 valence electrons. The number of nitrogens with one attached hydrogen (secondary N) is 1. The van der Waals surface area contributed by atoms with Crippen molar-refractivity contribution in [2.24, 2.45) is 12.8 Å². The highest BCUT2D eigenvalue weighted by atomic mass is 35.5. The van der Waals surface area contributed by atoms with Gasteiger partial charge in [-0.25, -0.2) is 0 Å². The molecule has 0 aliphatic rings. The van der Waals surface area contributed by atoms with Crippen molar-refractivity contribution in [1.82, 2.24) is 9.78 Å². The third kappa shape index (κ3) is 3.64. The molecule has 20 heavy (non-hydrogen) atoms. The van der Waals surface area contributed by atoms with E-state index >= 15 is 0 Å². The number of carbonyl (C=O) groups is 1. The number of hydrogen-bond donors (Lipinski definition) is 2. The fourth-order valence-corrected chi connectivity index (χ4v) is 1.76. The van der Waals surface area contributed by atoms with Gasteiger partial charge in [0, 0.05) is 19.7 Å². The first-order chi connectivity index (χ1) is 9.10. The third-order valence-corrected chi connectivity index (χ3v) is 2.74. The van der Waals surface area contributed by atoms with Crippen LogP contribution in [-0.2, 0) is 13.6 Å². The number of nitrogens with two attached hydrogens (primary N) is 1. The maximum absolute atomic E-state index is 11.1. The average molecular weight is 297 g/mol. The lowest BCUT2D eigenvalue weighted by Gasteiger charge is -2.05. The molecule has 0 fully saturated rings. The number of methoxy groups -OCH3 is 1. The van der Waals surface area contributed by atoms with Crippen LogP contribution in [0.5, 0.6) is 5.75 Å². The molecule has 0 radical (unpaired) electrons. The predicted molar refractivity (Wildman–Crippen MR) is 79.3 cm³/mol. The monoisotopic (exact) mass is 296 g/mol. The van der Waals surface area contributed by atoms with Gasteiger partial charge in [-0.3, -0.25) is 9.48 Å². The maximum atomic E-state index is 11.1. The fourth-order valence-electron chi connectivity index (χ4n) is 1.76. The quantitative estimate of drug-likeness (QED) is 0.877. The van der Waals surface area contributed by atoms with E-state index in [1.165, 1.54) is 4.68 Å². The van der Waals surface area contributed by atoms with Crippen LogP contribution in [0.1, 0.15) is 16.1 Å². The SMILES string of the molecule is COc1cccc(CNc2cc(C(N)=O)n(C)n2)c1.Cl. The van der Waals surface area contributed by atoms with Crippen LogP contribution in [0.15, 0.2) is 30.3 Å². The Kier molecular flexibility index (Phi) is 5.40. The van der Waals surface area contributed by atoms with Gasteiger partial charge in [-0.05, 0) is 17.7 Å². The van der Waals surface area contributed by atoms with Crippen LogP contribution in [0.2, 0.25) is 0 Å². The number of benzene rings is 1. The second kappa shape index (κ2) is 6.81. The van der Waals surface area contributed by atoms with E-state index in [9.17, 15) is 4.79 Å². The number of ether oxygens (including phenoxy) is 1. The molecule has 0 atom stereocenters. The van der Waals surface area contributed by atoms with Crippen molar-refractivity contribution >= 4 is 24.1 Å². The molecule has 1 aromatic carbocycles. The van der Waals surface area contributed by atoms with Gasteiger partial charge >= 0.3 is 0 Å². The van der Waals surface area contributed by atoms with Gasteiger partial charge in [-0.2, -0.15) is 5.10 Å². The summed E-state index contributed by atoms with van der Waals surface area (Å²) < 4.78 is 6.61. The number of aromatic nitrogens is 2. The topological polar surface area (TPSA) is 82.2 Å². The van der Waals surface area contributed by atoms with Gasteiger partial charge in [0.25, 0.3) is 5.91 Å². The maximum Gasteiger partial charge on any atom is 0.267 e. The summed E-state index contributed by atoms with van der Waals surface area (Å²) in [5.41, 5.74) is 6.66. The number of rotatable bonds is 5. The number of nitrogens with zero attached hydrogens (tertiary/aromatic N) is 2. The molecule has 6 nitrogen and oxygen atoms in total. The summed E-state index contributed by atoms with van der Waals surface area (Å²) in [6.45, 7) is 0.590. The minimum absolute atomic E-state index is 0. The third-order valence-electron chi connectivity index (χ3n) is 2.74. The standard InChI is InChI=1S/C13H16N4O2.ClH/c1-17-11(13(14)18)7-12(16-17)15-8-9-4-3-5-10(6-9)19-2;/h3-7H,8H2,1-2H3,(H2,14,18)(H,15,16);1H. The molecule has 2 aromatic rings. The molecule has 2 rings (SSSR count). The lowest BCUT2D eigenvalue weighted by atomic mass is 10.2. The van der Waals surface area contributed by atoms with Crippen LogP contribution >= 0.6 is 12.4 Å². The Bertz CT molecular complexity index is 598. The zero-order chi connectivity index (χ0) is 13.8. The van der Waals surface area contributed by atoms with Crippen molar-refractivity contribution in [1.29, 1.82) is 0 Å². The Hall–Kier alpha value is -2.21. The van der Waals surface area contributed by atoms with Crippen molar-refractivity contribution in [2.45, 2.75) is 6.54 Å². The molecule has 0 aliphatic heterocycles. The second-order valence-corrected chi connectivity index (χ2v) is 4.11. The molecule has 1 aromatic heterocycles. The van der Waals surface area contributed by atoms with E-state index in [-0.39, 0.29) is 12.4 Å². The molecule has 0 saturated heterocycles. The zero-order valence-electron chi connectivity index (χ0n) is 11.3. The molecule has 0 spiro atoms. The largest absolute Gasteiger partial charge is 0.497 e. The highest BCUT2D eigenvalue weighted by molar-refractivity contribution is 5.91. The Balaban J connectivity index is 0.00000200. The van der Waals surface area contributed by atoms with Crippen LogP contribution < -0.4 is 15.8 Å². The first-order valence-corrected chi connectivity index (χ1v) is 5.81. The Morgan fingerprint density at radius 3 is 2.80 bits per heavy atom. The number of carbonyl (C=O) groups excluding carboxylic acids is 1. The number of amides is 1. The normalized spacial score (nSPS) is 9.70. The van der Waals surface area contributed by atoms with Crippen LogP contribution in [0.4, 0.5) is 5.82 Å². The van der Waals surface area contributed by atoms with Gasteiger partial charge in [0.2, 0.25) is 0 Å². The summed E-state index contributed by atoms with van der Waals surface area (Å²) in [5.74, 6) is 0.918. The summed E-state index contributed by atoms with van der Waals surface area (Å²) in [6, 6.07) is 9.35. The summed E-state index contributed by atoms with van der Waals surface area (Å²) in [7, 11) is 3.31. The molecule has 0 bridgehead atoms. The Morgan fingerprint density at radius 2 is 2.20 bits per heavy atom. The molecule has 1 heterocycles. The van der Waals surface area contributed by atoms with Gasteiger partial charge in [0.15, 0.2) is 0 Å². The lowest BCUT2D eigenvalue weighted by Crippen LogP contribution is -2.15. The summed E-state index contributed by atoms with van der Waals surface area (Å²) in [5, 5.41) is 7.30. The fraction of sp³-hybridized carbons (Fsp3) is 0.231.